The van der Waals surface area contributed by atoms with Crippen LogP contribution in [0.25, 0.3) is 0 Å². The molecular weight excluding hydrogens is 418 g/mol. The van der Waals surface area contributed by atoms with Gasteiger partial charge in [-0.2, -0.15) is 0 Å². The quantitative estimate of drug-likeness (QED) is 0.471. The van der Waals surface area contributed by atoms with Crippen molar-refractivity contribution in [3.05, 3.63) is 41.0 Å². The molecule has 0 aromatic carbocycles. The van der Waals surface area contributed by atoms with E-state index in [-0.39, 0.29) is 28.7 Å². The van der Waals surface area contributed by atoms with E-state index in [9.17, 15) is 9.70 Å². The van der Waals surface area contributed by atoms with Gasteiger partial charge in [0.2, 0.25) is 0 Å². The first-order chi connectivity index (χ1) is 15.4. The maximum atomic E-state index is 12.8. The van der Waals surface area contributed by atoms with Gasteiger partial charge in [-0.05, 0) is 42.2 Å². The highest BCUT2D eigenvalue weighted by molar-refractivity contribution is 5.91. The Hall–Kier alpha value is -2.97. The van der Waals surface area contributed by atoms with Crippen LogP contribution in [0.5, 0.6) is 0 Å². The maximum absolute atomic E-state index is 12.8. The van der Waals surface area contributed by atoms with Crippen molar-refractivity contribution in [3.8, 4) is 0 Å². The lowest BCUT2D eigenvalue weighted by molar-refractivity contribution is 0.0823. The van der Waals surface area contributed by atoms with Gasteiger partial charge in [0.1, 0.15) is 0 Å². The van der Waals surface area contributed by atoms with Crippen LogP contribution in [0.2, 0.25) is 0 Å². The fourth-order valence-corrected chi connectivity index (χ4v) is 4.25. The minimum Gasteiger partial charge on any atom is -0.381 e. The number of hydrogen-bond acceptors (Lipinski definition) is 6. The normalized spacial score (nSPS) is 20.2. The predicted octanol–water partition coefficient (Wildman–Crippen LogP) is 4.48. The van der Waals surface area contributed by atoms with Crippen molar-refractivity contribution in [2.75, 3.05) is 23.9 Å². The minimum absolute atomic E-state index is 0.0219. The summed E-state index contributed by atoms with van der Waals surface area (Å²) in [5, 5.41) is 10.9. The number of nitrogens with one attached hydrogen (secondary N) is 2. The van der Waals surface area contributed by atoms with E-state index in [0.29, 0.717) is 11.6 Å². The number of imidazole rings is 1. The van der Waals surface area contributed by atoms with Crippen LogP contribution in [0.1, 0.15) is 76.1 Å². The SMILES string of the molecule is CN(N=O)c1nc(C2CCC(C)(C)C(NC(=O)c3nccn3C)C2)ccc1NCC(C)(C)C. The molecule has 1 aliphatic carbocycles. The van der Waals surface area contributed by atoms with Crippen molar-refractivity contribution in [2.45, 2.75) is 65.8 Å². The monoisotopic (exact) mass is 455 g/mol. The van der Waals surface area contributed by atoms with Crippen LogP contribution in [0.3, 0.4) is 0 Å². The lowest BCUT2D eigenvalue weighted by Crippen LogP contribution is -2.48. The molecule has 0 spiro atoms. The number of anilines is 2. The van der Waals surface area contributed by atoms with Gasteiger partial charge in [0.05, 0.1) is 11.0 Å². The Balaban J connectivity index is 1.82. The van der Waals surface area contributed by atoms with E-state index in [2.05, 4.69) is 55.5 Å². The number of aromatic nitrogens is 3. The van der Waals surface area contributed by atoms with Crippen molar-refractivity contribution in [1.29, 1.82) is 0 Å². The van der Waals surface area contributed by atoms with E-state index < -0.39 is 0 Å². The lowest BCUT2D eigenvalue weighted by Gasteiger charge is -2.42. The van der Waals surface area contributed by atoms with Crippen LogP contribution >= 0.6 is 0 Å². The summed E-state index contributed by atoms with van der Waals surface area (Å²) in [6.45, 7) is 11.6. The Morgan fingerprint density at radius 3 is 2.67 bits per heavy atom. The largest absolute Gasteiger partial charge is 0.381 e. The molecule has 1 amide bonds. The number of pyridine rings is 1. The van der Waals surface area contributed by atoms with Gasteiger partial charge < -0.3 is 15.2 Å². The van der Waals surface area contributed by atoms with Crippen LogP contribution in [-0.2, 0) is 7.05 Å². The third-order valence-electron chi connectivity index (χ3n) is 6.48. The van der Waals surface area contributed by atoms with E-state index in [0.717, 1.165) is 37.2 Å². The van der Waals surface area contributed by atoms with E-state index >= 15 is 0 Å². The third kappa shape index (κ3) is 5.89. The zero-order valence-electron chi connectivity index (χ0n) is 20.8. The first kappa shape index (κ1) is 24.7. The second-order valence-corrected chi connectivity index (χ2v) is 11.0. The summed E-state index contributed by atoms with van der Waals surface area (Å²) in [7, 11) is 3.43. The summed E-state index contributed by atoms with van der Waals surface area (Å²) < 4.78 is 1.72. The number of nitroso groups, excluding NO2 is 1. The number of carbonyl (C=O) groups excluding carboxylic acids is 1. The van der Waals surface area contributed by atoms with Crippen molar-refractivity contribution in [3.63, 3.8) is 0 Å². The molecule has 2 unspecified atom stereocenters. The lowest BCUT2D eigenvalue weighted by atomic mass is 9.68. The second-order valence-electron chi connectivity index (χ2n) is 11.0. The first-order valence-corrected chi connectivity index (χ1v) is 11.5. The number of hydrogen-bond donors (Lipinski definition) is 2. The zero-order chi connectivity index (χ0) is 24.4. The number of amides is 1. The van der Waals surface area contributed by atoms with Gasteiger partial charge >= 0.3 is 0 Å². The van der Waals surface area contributed by atoms with Crippen molar-refractivity contribution >= 4 is 17.4 Å². The Labute approximate surface area is 196 Å². The first-order valence-electron chi connectivity index (χ1n) is 11.5. The molecule has 1 fully saturated rings. The van der Waals surface area contributed by atoms with Crippen LogP contribution in [-0.4, -0.2) is 40.1 Å². The predicted molar refractivity (Wildman–Crippen MR) is 131 cm³/mol. The molecule has 9 heteroatoms. The van der Waals surface area contributed by atoms with Crippen LogP contribution in [0.4, 0.5) is 11.5 Å². The zero-order valence-corrected chi connectivity index (χ0v) is 20.8. The third-order valence-corrected chi connectivity index (χ3v) is 6.48. The average Bonchev–Trinajstić information content (AvgIpc) is 3.18. The van der Waals surface area contributed by atoms with Crippen LogP contribution < -0.4 is 15.6 Å². The van der Waals surface area contributed by atoms with E-state index in [1.165, 1.54) is 5.01 Å². The van der Waals surface area contributed by atoms with E-state index in [1.807, 2.05) is 19.2 Å². The molecule has 0 bridgehead atoms. The van der Waals surface area contributed by atoms with Crippen molar-refractivity contribution < 1.29 is 4.79 Å². The Bertz CT molecular complexity index is 993. The van der Waals surface area contributed by atoms with Crippen LogP contribution in [0.15, 0.2) is 29.8 Å². The molecule has 33 heavy (non-hydrogen) atoms. The topological polar surface area (TPSA) is 105 Å². The molecule has 2 heterocycles. The Morgan fingerprint density at radius 2 is 2.06 bits per heavy atom. The molecule has 1 saturated carbocycles. The highest BCUT2D eigenvalue weighted by Gasteiger charge is 2.39. The van der Waals surface area contributed by atoms with Gasteiger partial charge in [-0.3, -0.25) is 4.79 Å². The molecule has 2 N–H and O–H groups in total. The molecule has 2 atom stereocenters. The molecule has 1 aliphatic rings. The minimum atomic E-state index is -0.165. The molecule has 9 nitrogen and oxygen atoms in total. The van der Waals surface area contributed by atoms with E-state index in [4.69, 9.17) is 4.98 Å². The van der Waals surface area contributed by atoms with Crippen LogP contribution in [0, 0.1) is 15.7 Å². The van der Waals surface area contributed by atoms with Gasteiger partial charge in [-0.1, -0.05) is 34.6 Å². The number of carbonyl (C=O) groups is 1. The molecule has 2 aromatic rings. The number of nitrogens with zero attached hydrogens (tertiary/aromatic N) is 5. The number of rotatable bonds is 7. The molecule has 3 rings (SSSR count). The summed E-state index contributed by atoms with van der Waals surface area (Å²) in [6.07, 6.45) is 6.07. The summed E-state index contributed by atoms with van der Waals surface area (Å²) in [4.78, 5) is 33.1. The molecule has 0 radical (unpaired) electrons. The Kier molecular flexibility index (Phi) is 7.09. The average molecular weight is 456 g/mol. The fraction of sp³-hybridized carbons (Fsp3) is 0.625. The second kappa shape index (κ2) is 9.49. The van der Waals surface area contributed by atoms with Gasteiger partial charge in [-0.15, -0.1) is 4.91 Å². The Morgan fingerprint density at radius 1 is 1.33 bits per heavy atom. The molecule has 180 valence electrons. The van der Waals surface area contributed by atoms with Gasteiger partial charge in [0, 0.05) is 50.7 Å². The van der Waals surface area contributed by atoms with Crippen molar-refractivity contribution in [2.24, 2.45) is 23.2 Å². The van der Waals surface area contributed by atoms with Gasteiger partial charge in [-0.25, -0.2) is 15.0 Å². The summed E-state index contributed by atoms with van der Waals surface area (Å²) in [5.74, 6) is 0.924. The molecule has 0 aliphatic heterocycles. The van der Waals surface area contributed by atoms with Crippen molar-refractivity contribution in [1.82, 2.24) is 19.9 Å². The summed E-state index contributed by atoms with van der Waals surface area (Å²) in [6, 6.07) is 3.98. The smallest absolute Gasteiger partial charge is 0.287 e. The standard InChI is InChI=1S/C24H37N7O2/c1-23(2,3)15-26-18-9-8-17(27-20(18)31(7)29-33)16-10-11-24(4,5)19(14-16)28-22(32)21-25-12-13-30(21)6/h8-9,12-13,16,19,26H,10-11,14-15H2,1-7H3,(H,28,32). The highest BCUT2D eigenvalue weighted by atomic mass is 16.3. The maximum Gasteiger partial charge on any atom is 0.287 e. The van der Waals surface area contributed by atoms with E-state index in [1.54, 1.807) is 24.0 Å². The summed E-state index contributed by atoms with van der Waals surface area (Å²) in [5.41, 5.74) is 1.73. The summed E-state index contributed by atoms with van der Waals surface area (Å²) >= 11 is 0. The molecule has 2 aromatic heterocycles. The molecule has 0 saturated heterocycles. The van der Waals surface area contributed by atoms with Gasteiger partial charge in [0.15, 0.2) is 11.6 Å². The molecular formula is C24H37N7O2. The number of aryl methyl sites for hydroxylation is 1. The van der Waals surface area contributed by atoms with Gasteiger partial charge in [0.25, 0.3) is 5.91 Å². The fourth-order valence-electron chi connectivity index (χ4n) is 4.25. The highest BCUT2D eigenvalue weighted by Crippen LogP contribution is 2.43.